The van der Waals surface area contributed by atoms with Crippen LogP contribution in [-0.4, -0.2) is 74.7 Å². The van der Waals surface area contributed by atoms with E-state index in [4.69, 9.17) is 14.2 Å². The Labute approximate surface area is 217 Å². The zero-order valence-electron chi connectivity index (χ0n) is 21.7. The first-order valence-corrected chi connectivity index (χ1v) is 12.8. The summed E-state index contributed by atoms with van der Waals surface area (Å²) in [7, 11) is 3.18. The largest absolute Gasteiger partial charge is 0.493 e. The Morgan fingerprint density at radius 2 is 1.81 bits per heavy atom. The molecule has 9 nitrogen and oxygen atoms in total. The predicted molar refractivity (Wildman–Crippen MR) is 139 cm³/mol. The molecule has 1 aromatic carbocycles. The predicted octanol–water partition coefficient (Wildman–Crippen LogP) is 3.57. The van der Waals surface area contributed by atoms with Crippen molar-refractivity contribution in [3.8, 4) is 11.5 Å². The summed E-state index contributed by atoms with van der Waals surface area (Å²) in [5, 5.41) is 4.53. The number of rotatable bonds is 14. The van der Waals surface area contributed by atoms with Gasteiger partial charge in [-0.25, -0.2) is 4.79 Å². The van der Waals surface area contributed by atoms with Gasteiger partial charge in [0.15, 0.2) is 11.5 Å². The smallest absolute Gasteiger partial charge is 0.325 e. The second-order valence-electron chi connectivity index (χ2n) is 8.57. The van der Waals surface area contributed by atoms with Crippen LogP contribution in [0.4, 0.5) is 4.79 Å². The Morgan fingerprint density at radius 1 is 1.06 bits per heavy atom. The van der Waals surface area contributed by atoms with Crippen LogP contribution in [0.15, 0.2) is 35.7 Å². The number of thiophene rings is 1. The van der Waals surface area contributed by atoms with Crippen molar-refractivity contribution in [1.82, 2.24) is 15.1 Å². The molecule has 0 spiro atoms. The monoisotopic (exact) mass is 519 g/mol. The van der Waals surface area contributed by atoms with Crippen molar-refractivity contribution in [3.63, 3.8) is 0 Å². The van der Waals surface area contributed by atoms with E-state index in [2.05, 4.69) is 5.32 Å². The lowest BCUT2D eigenvalue weighted by Gasteiger charge is -2.28. The van der Waals surface area contributed by atoms with Gasteiger partial charge in [0.1, 0.15) is 13.1 Å². The Morgan fingerprint density at radius 3 is 2.42 bits per heavy atom. The molecule has 2 rings (SSSR count). The molecule has 1 heterocycles. The molecule has 0 radical (unpaired) electrons. The number of ether oxygens (including phenoxy) is 3. The summed E-state index contributed by atoms with van der Waals surface area (Å²) >= 11 is 1.58. The van der Waals surface area contributed by atoms with Crippen LogP contribution in [0.2, 0.25) is 0 Å². The lowest BCUT2D eigenvalue weighted by atomic mass is 10.1. The minimum absolute atomic E-state index is 0.0931. The number of methoxy groups -OCH3 is 2. The summed E-state index contributed by atoms with van der Waals surface area (Å²) in [6.45, 7) is 6.83. The van der Waals surface area contributed by atoms with E-state index in [1.54, 1.807) is 37.4 Å². The third-order valence-electron chi connectivity index (χ3n) is 5.29. The van der Waals surface area contributed by atoms with Crippen molar-refractivity contribution in [2.75, 3.05) is 47.0 Å². The minimum atomic E-state index is -0.518. The fourth-order valence-electron chi connectivity index (χ4n) is 3.58. The molecule has 198 valence electrons. The number of hydrogen-bond acceptors (Lipinski definition) is 7. The van der Waals surface area contributed by atoms with Crippen molar-refractivity contribution in [2.45, 2.75) is 33.7 Å². The molecule has 0 aliphatic rings. The molecule has 0 aliphatic carbocycles. The SMILES string of the molecule is CCOC(=O)CNC(=O)N(CC(=O)N(CCc1ccc(OC)c(OC)c1)Cc1cccs1)CC(C)C. The Kier molecular flexibility index (Phi) is 12.0. The first-order chi connectivity index (χ1) is 17.3. The van der Waals surface area contributed by atoms with Crippen LogP contribution in [0.5, 0.6) is 11.5 Å². The van der Waals surface area contributed by atoms with Crippen molar-refractivity contribution >= 4 is 29.2 Å². The van der Waals surface area contributed by atoms with E-state index in [1.807, 2.05) is 49.6 Å². The second-order valence-corrected chi connectivity index (χ2v) is 9.60. The van der Waals surface area contributed by atoms with Crippen LogP contribution in [0, 0.1) is 5.92 Å². The number of esters is 1. The number of nitrogens with one attached hydrogen (secondary N) is 1. The molecule has 0 fully saturated rings. The lowest BCUT2D eigenvalue weighted by molar-refractivity contribution is -0.141. The fourth-order valence-corrected chi connectivity index (χ4v) is 4.30. The van der Waals surface area contributed by atoms with Crippen molar-refractivity contribution in [3.05, 3.63) is 46.2 Å². The summed E-state index contributed by atoms with van der Waals surface area (Å²) in [5.74, 6) is 0.730. The molecular weight excluding hydrogens is 482 g/mol. The van der Waals surface area contributed by atoms with E-state index in [0.29, 0.717) is 37.6 Å². The molecule has 0 aliphatic heterocycles. The zero-order valence-corrected chi connectivity index (χ0v) is 22.6. The van der Waals surface area contributed by atoms with Gasteiger partial charge in [-0.1, -0.05) is 26.0 Å². The average molecular weight is 520 g/mol. The van der Waals surface area contributed by atoms with Crippen molar-refractivity contribution in [1.29, 1.82) is 0 Å². The molecule has 0 unspecified atom stereocenters. The maximum Gasteiger partial charge on any atom is 0.325 e. The number of amides is 3. The summed E-state index contributed by atoms with van der Waals surface area (Å²) in [5.41, 5.74) is 1.00. The summed E-state index contributed by atoms with van der Waals surface area (Å²) in [6.07, 6.45) is 0.608. The molecule has 1 N–H and O–H groups in total. The molecule has 2 aromatic rings. The van der Waals surface area contributed by atoms with Crippen molar-refractivity contribution in [2.24, 2.45) is 5.92 Å². The number of benzene rings is 1. The molecule has 0 saturated heterocycles. The first-order valence-electron chi connectivity index (χ1n) is 12.0. The maximum atomic E-state index is 13.4. The number of urea groups is 1. The highest BCUT2D eigenvalue weighted by molar-refractivity contribution is 7.09. The fraction of sp³-hybridized carbons (Fsp3) is 0.500. The van der Waals surface area contributed by atoms with Gasteiger partial charge in [0, 0.05) is 18.0 Å². The van der Waals surface area contributed by atoms with Gasteiger partial charge in [-0.05, 0) is 48.4 Å². The van der Waals surface area contributed by atoms with Gasteiger partial charge >= 0.3 is 12.0 Å². The van der Waals surface area contributed by atoms with E-state index in [-0.39, 0.29) is 31.5 Å². The van der Waals surface area contributed by atoms with Crippen LogP contribution < -0.4 is 14.8 Å². The van der Waals surface area contributed by atoms with Gasteiger partial charge in [0.05, 0.1) is 27.4 Å². The highest BCUT2D eigenvalue weighted by atomic mass is 32.1. The topological polar surface area (TPSA) is 97.4 Å². The number of hydrogen-bond donors (Lipinski definition) is 1. The van der Waals surface area contributed by atoms with E-state index in [0.717, 1.165) is 10.4 Å². The summed E-state index contributed by atoms with van der Waals surface area (Å²) < 4.78 is 15.6. The third-order valence-corrected chi connectivity index (χ3v) is 6.15. The number of carbonyl (C=O) groups is 3. The van der Waals surface area contributed by atoms with E-state index in [1.165, 1.54) is 4.90 Å². The third kappa shape index (κ3) is 9.41. The average Bonchev–Trinajstić information content (AvgIpc) is 3.37. The molecular formula is C26H37N3O6S. The zero-order chi connectivity index (χ0) is 26.5. The minimum Gasteiger partial charge on any atom is -0.493 e. The van der Waals surface area contributed by atoms with Gasteiger partial charge in [0.2, 0.25) is 5.91 Å². The van der Waals surface area contributed by atoms with Crippen LogP contribution in [-0.2, 0) is 27.3 Å². The molecule has 36 heavy (non-hydrogen) atoms. The molecule has 1 aromatic heterocycles. The van der Waals surface area contributed by atoms with Gasteiger partial charge < -0.3 is 29.3 Å². The quantitative estimate of drug-likeness (QED) is 0.383. The van der Waals surface area contributed by atoms with E-state index >= 15 is 0 Å². The first kappa shape index (κ1) is 29.0. The Hall–Kier alpha value is -3.27. The standard InChI is InChI=1S/C26H37N3O6S/c1-6-35-25(31)15-27-26(32)29(16-19(2)3)18-24(30)28(17-21-8-7-13-36-21)12-11-20-9-10-22(33-4)23(14-20)34-5/h7-10,13-14,19H,6,11-12,15-18H2,1-5H3,(H,27,32). The van der Waals surface area contributed by atoms with Gasteiger partial charge in [-0.3, -0.25) is 9.59 Å². The van der Waals surface area contributed by atoms with Gasteiger partial charge in [-0.15, -0.1) is 11.3 Å². The molecule has 10 heteroatoms. The normalized spacial score (nSPS) is 10.6. The molecule has 0 bridgehead atoms. The van der Waals surface area contributed by atoms with Gasteiger partial charge in [-0.2, -0.15) is 0 Å². The van der Waals surface area contributed by atoms with Gasteiger partial charge in [0.25, 0.3) is 0 Å². The number of carbonyl (C=O) groups excluding carboxylic acids is 3. The summed E-state index contributed by atoms with van der Waals surface area (Å²) in [4.78, 5) is 42.1. The van der Waals surface area contributed by atoms with Crippen LogP contribution in [0.3, 0.4) is 0 Å². The van der Waals surface area contributed by atoms with Crippen LogP contribution in [0.25, 0.3) is 0 Å². The highest BCUT2D eigenvalue weighted by Gasteiger charge is 2.23. The second kappa shape index (κ2) is 15.0. The molecule has 0 atom stereocenters. The maximum absolute atomic E-state index is 13.4. The van der Waals surface area contributed by atoms with Crippen LogP contribution in [0.1, 0.15) is 31.2 Å². The summed E-state index contributed by atoms with van der Waals surface area (Å²) in [6, 6.07) is 9.16. The molecule has 0 saturated carbocycles. The highest BCUT2D eigenvalue weighted by Crippen LogP contribution is 2.28. The molecule has 3 amide bonds. The van der Waals surface area contributed by atoms with E-state index < -0.39 is 12.0 Å². The van der Waals surface area contributed by atoms with Crippen LogP contribution >= 0.6 is 11.3 Å². The lowest BCUT2D eigenvalue weighted by Crippen LogP contribution is -2.49. The van der Waals surface area contributed by atoms with Crippen molar-refractivity contribution < 1.29 is 28.6 Å². The number of nitrogens with zero attached hydrogens (tertiary/aromatic N) is 2. The Balaban J connectivity index is 2.13. The Bertz CT molecular complexity index is 980. The van der Waals surface area contributed by atoms with E-state index in [9.17, 15) is 14.4 Å².